The van der Waals surface area contributed by atoms with Gasteiger partial charge in [-0.05, 0) is 42.7 Å². The third-order valence-electron chi connectivity index (χ3n) is 4.86. The number of halogens is 1. The molecule has 0 radical (unpaired) electrons. The molecule has 1 aliphatic rings. The Morgan fingerprint density at radius 3 is 2.61 bits per heavy atom. The van der Waals surface area contributed by atoms with E-state index < -0.39 is 0 Å². The molecule has 0 fully saturated rings. The molecule has 0 bridgehead atoms. The van der Waals surface area contributed by atoms with Gasteiger partial charge in [-0.25, -0.2) is 4.79 Å². The lowest BCUT2D eigenvalue weighted by Gasteiger charge is -2.23. The van der Waals surface area contributed by atoms with Gasteiger partial charge in [-0.3, -0.25) is 9.47 Å². The Morgan fingerprint density at radius 2 is 1.82 bits per heavy atom. The average molecular weight is 396 g/mol. The Labute approximate surface area is 169 Å². The average Bonchev–Trinajstić information content (AvgIpc) is 2.96. The van der Waals surface area contributed by atoms with Gasteiger partial charge < -0.3 is 5.32 Å². The quantitative estimate of drug-likeness (QED) is 0.683. The molecule has 3 aromatic rings. The number of carbonyl (C=O) groups is 1. The van der Waals surface area contributed by atoms with Crippen molar-refractivity contribution in [2.45, 2.75) is 38.8 Å². The topological polar surface area (TPSA) is 63.1 Å². The first kappa shape index (κ1) is 18.5. The van der Waals surface area contributed by atoms with Crippen LogP contribution >= 0.6 is 11.6 Å². The summed E-state index contributed by atoms with van der Waals surface area (Å²) in [5.74, 6) is 1.54. The number of nitrogens with one attached hydrogen (secondary N) is 1. The molecule has 2 aromatic carbocycles. The zero-order valence-corrected chi connectivity index (χ0v) is 16.3. The summed E-state index contributed by atoms with van der Waals surface area (Å²) in [5.41, 5.74) is 1.71. The van der Waals surface area contributed by atoms with Crippen LogP contribution in [0.1, 0.15) is 30.7 Å². The number of hydrogen-bond acceptors (Lipinski definition) is 3. The fourth-order valence-electron chi connectivity index (χ4n) is 3.39. The van der Waals surface area contributed by atoms with E-state index in [0.29, 0.717) is 23.2 Å². The van der Waals surface area contributed by atoms with Crippen LogP contribution in [0.3, 0.4) is 0 Å². The Balaban J connectivity index is 1.65. The molecule has 0 saturated heterocycles. The number of benzene rings is 2. The van der Waals surface area contributed by atoms with Crippen molar-refractivity contribution >= 4 is 29.3 Å². The molecular weight excluding hydrogens is 374 g/mol. The molecule has 28 heavy (non-hydrogen) atoms. The van der Waals surface area contributed by atoms with Crippen LogP contribution in [0.5, 0.6) is 0 Å². The van der Waals surface area contributed by atoms with Gasteiger partial charge in [0.05, 0.1) is 6.54 Å². The maximum absolute atomic E-state index is 13.2. The number of urea groups is 1. The molecule has 7 heteroatoms. The van der Waals surface area contributed by atoms with Gasteiger partial charge in [0.15, 0.2) is 0 Å². The summed E-state index contributed by atoms with van der Waals surface area (Å²) < 4.78 is 2.08. The lowest BCUT2D eigenvalue weighted by atomic mass is 10.2. The predicted octanol–water partition coefficient (Wildman–Crippen LogP) is 4.90. The number of amides is 2. The van der Waals surface area contributed by atoms with E-state index in [1.807, 2.05) is 30.3 Å². The maximum atomic E-state index is 13.2. The molecule has 0 aliphatic carbocycles. The summed E-state index contributed by atoms with van der Waals surface area (Å²) in [6.07, 6.45) is 4.23. The second-order valence-corrected chi connectivity index (χ2v) is 7.32. The summed E-state index contributed by atoms with van der Waals surface area (Å²) in [4.78, 5) is 14.8. The van der Waals surface area contributed by atoms with Gasteiger partial charge in [-0.2, -0.15) is 0 Å². The van der Waals surface area contributed by atoms with Crippen LogP contribution in [-0.4, -0.2) is 20.8 Å². The highest BCUT2D eigenvalue weighted by atomic mass is 35.5. The highest BCUT2D eigenvalue weighted by Gasteiger charge is 2.25. The number of aromatic nitrogens is 3. The van der Waals surface area contributed by atoms with Crippen LogP contribution in [0.25, 0.3) is 0 Å². The van der Waals surface area contributed by atoms with E-state index in [1.54, 1.807) is 29.2 Å². The molecule has 6 nitrogen and oxygen atoms in total. The van der Waals surface area contributed by atoms with Crippen LogP contribution in [0.2, 0.25) is 5.02 Å². The first-order valence-electron chi connectivity index (χ1n) is 9.51. The van der Waals surface area contributed by atoms with Crippen molar-refractivity contribution in [2.24, 2.45) is 0 Å². The van der Waals surface area contributed by atoms with Gasteiger partial charge >= 0.3 is 6.03 Å². The number of anilines is 2. The molecule has 4 rings (SSSR count). The van der Waals surface area contributed by atoms with Gasteiger partial charge in [0.2, 0.25) is 5.95 Å². The molecule has 0 saturated carbocycles. The van der Waals surface area contributed by atoms with E-state index >= 15 is 0 Å². The molecule has 2 amide bonds. The molecule has 1 aliphatic heterocycles. The van der Waals surface area contributed by atoms with E-state index in [1.165, 1.54) is 6.42 Å². The summed E-state index contributed by atoms with van der Waals surface area (Å²) in [6.45, 7) is 1.25. The van der Waals surface area contributed by atoms with Crippen molar-refractivity contribution in [3.63, 3.8) is 0 Å². The molecule has 1 aromatic heterocycles. The summed E-state index contributed by atoms with van der Waals surface area (Å²) in [6, 6.07) is 16.7. The van der Waals surface area contributed by atoms with Gasteiger partial charge in [-0.15, -0.1) is 10.2 Å². The monoisotopic (exact) mass is 395 g/mol. The zero-order valence-electron chi connectivity index (χ0n) is 15.5. The first-order valence-corrected chi connectivity index (χ1v) is 9.88. The third-order valence-corrected chi connectivity index (χ3v) is 5.11. The van der Waals surface area contributed by atoms with Crippen LogP contribution in [0.4, 0.5) is 16.4 Å². The van der Waals surface area contributed by atoms with E-state index in [4.69, 9.17) is 11.6 Å². The molecular formula is C21H22ClN5O. The van der Waals surface area contributed by atoms with Gasteiger partial charge in [0.25, 0.3) is 0 Å². The molecule has 2 heterocycles. The molecule has 144 valence electrons. The minimum absolute atomic E-state index is 0.245. The SMILES string of the molecule is O=C(Nc1ccc(Cl)cc1)N(Cc1ccccc1)c1nnc2n1CCCCC2. The largest absolute Gasteiger partial charge is 0.329 e. The fraction of sp³-hybridized carbons (Fsp3) is 0.286. The Kier molecular flexibility index (Phi) is 5.58. The van der Waals surface area contributed by atoms with E-state index in [-0.39, 0.29) is 6.03 Å². The van der Waals surface area contributed by atoms with Crippen molar-refractivity contribution in [3.8, 4) is 0 Å². The molecule has 1 N–H and O–H groups in total. The number of nitrogens with zero attached hydrogens (tertiary/aromatic N) is 4. The van der Waals surface area contributed by atoms with Crippen molar-refractivity contribution in [1.82, 2.24) is 14.8 Å². The fourth-order valence-corrected chi connectivity index (χ4v) is 3.52. The van der Waals surface area contributed by atoms with Crippen LogP contribution < -0.4 is 10.2 Å². The molecule has 0 spiro atoms. The lowest BCUT2D eigenvalue weighted by Crippen LogP contribution is -2.36. The van der Waals surface area contributed by atoms with Gasteiger partial charge in [-0.1, -0.05) is 48.4 Å². The van der Waals surface area contributed by atoms with Crippen molar-refractivity contribution in [3.05, 3.63) is 71.0 Å². The third kappa shape index (κ3) is 4.17. The number of hydrogen-bond donors (Lipinski definition) is 1. The minimum atomic E-state index is -0.245. The highest BCUT2D eigenvalue weighted by Crippen LogP contribution is 2.23. The van der Waals surface area contributed by atoms with Crippen LogP contribution in [0.15, 0.2) is 54.6 Å². The smallest absolute Gasteiger partial charge is 0.307 e. The number of fused-ring (bicyclic) bond motifs is 1. The number of rotatable bonds is 4. The lowest BCUT2D eigenvalue weighted by molar-refractivity contribution is 0.256. The minimum Gasteiger partial charge on any atom is -0.307 e. The van der Waals surface area contributed by atoms with Crippen molar-refractivity contribution < 1.29 is 4.79 Å². The summed E-state index contributed by atoms with van der Waals surface area (Å²) in [7, 11) is 0. The van der Waals surface area contributed by atoms with Crippen molar-refractivity contribution in [2.75, 3.05) is 10.2 Å². The van der Waals surface area contributed by atoms with E-state index in [0.717, 1.165) is 37.2 Å². The van der Waals surface area contributed by atoms with E-state index in [2.05, 4.69) is 20.1 Å². The van der Waals surface area contributed by atoms with Crippen molar-refractivity contribution in [1.29, 1.82) is 0 Å². The van der Waals surface area contributed by atoms with E-state index in [9.17, 15) is 4.79 Å². The summed E-state index contributed by atoms with van der Waals surface area (Å²) >= 11 is 5.95. The Bertz CT molecular complexity index is 939. The first-order chi connectivity index (χ1) is 13.7. The number of carbonyl (C=O) groups excluding carboxylic acids is 1. The molecule has 0 atom stereocenters. The van der Waals surface area contributed by atoms with Gasteiger partial charge in [0.1, 0.15) is 5.82 Å². The second-order valence-electron chi connectivity index (χ2n) is 6.89. The maximum Gasteiger partial charge on any atom is 0.329 e. The second kappa shape index (κ2) is 8.44. The molecule has 0 unspecified atom stereocenters. The zero-order chi connectivity index (χ0) is 19.3. The summed E-state index contributed by atoms with van der Waals surface area (Å²) in [5, 5.41) is 12.3. The Hall–Kier alpha value is -2.86. The normalized spacial score (nSPS) is 13.5. The standard InChI is InChI=1S/C21H22ClN5O/c22-17-10-12-18(13-11-17)23-21(28)27(15-16-7-3-1-4-8-16)20-25-24-19-9-5-2-6-14-26(19)20/h1,3-4,7-8,10-13H,2,5-6,9,14-15H2,(H,23,28). The highest BCUT2D eigenvalue weighted by molar-refractivity contribution is 6.30. The van der Waals surface area contributed by atoms with Crippen LogP contribution in [0, 0.1) is 0 Å². The van der Waals surface area contributed by atoms with Gasteiger partial charge in [0, 0.05) is 23.7 Å². The van der Waals surface area contributed by atoms with Crippen LogP contribution in [-0.2, 0) is 19.5 Å². The number of aryl methyl sites for hydroxylation is 1. The Morgan fingerprint density at radius 1 is 1.04 bits per heavy atom. The predicted molar refractivity (Wildman–Crippen MR) is 111 cm³/mol.